The molecule has 0 radical (unpaired) electrons. The predicted molar refractivity (Wildman–Crippen MR) is 69.2 cm³/mol. The fourth-order valence-corrected chi connectivity index (χ4v) is 4.08. The van der Waals surface area contributed by atoms with Crippen LogP contribution in [0, 0.1) is 12.3 Å². The van der Waals surface area contributed by atoms with Crippen molar-refractivity contribution in [3.63, 3.8) is 0 Å². The number of carbonyl (C=O) groups is 1. The van der Waals surface area contributed by atoms with E-state index in [2.05, 4.69) is 5.92 Å². The van der Waals surface area contributed by atoms with E-state index in [1.54, 1.807) is 0 Å². The van der Waals surface area contributed by atoms with E-state index in [0.29, 0.717) is 13.0 Å². The average molecular weight is 287 g/mol. The average Bonchev–Trinajstić information content (AvgIpc) is 2.78. The van der Waals surface area contributed by atoms with Crippen molar-refractivity contribution in [1.82, 2.24) is 4.31 Å². The van der Waals surface area contributed by atoms with Crippen LogP contribution in [0.4, 0.5) is 0 Å². The fourth-order valence-electron chi connectivity index (χ4n) is 1.34. The highest BCUT2D eigenvalue weighted by Crippen LogP contribution is 2.24. The minimum Gasteiger partial charge on any atom is -0.477 e. The Morgan fingerprint density at radius 1 is 1.56 bits per heavy atom. The summed E-state index contributed by atoms with van der Waals surface area (Å²) in [7, 11) is -3.69. The van der Waals surface area contributed by atoms with Gasteiger partial charge >= 0.3 is 5.97 Å². The monoisotopic (exact) mass is 287 g/mol. The lowest BCUT2D eigenvalue weighted by molar-refractivity contribution is 0.0702. The maximum absolute atomic E-state index is 12.2. The molecule has 98 valence electrons. The Morgan fingerprint density at radius 2 is 2.22 bits per heavy atom. The van der Waals surface area contributed by atoms with Gasteiger partial charge in [-0.05, 0) is 18.6 Å². The number of sulfonamides is 1. The van der Waals surface area contributed by atoms with Crippen LogP contribution in [0.5, 0.6) is 0 Å². The van der Waals surface area contributed by atoms with E-state index in [0.717, 1.165) is 11.3 Å². The summed E-state index contributed by atoms with van der Waals surface area (Å²) in [5.74, 6) is 1.15. The lowest BCUT2D eigenvalue weighted by atomic mass is 10.5. The normalized spacial score (nSPS) is 11.4. The maximum Gasteiger partial charge on any atom is 0.345 e. The van der Waals surface area contributed by atoms with Gasteiger partial charge in [0.05, 0.1) is 6.54 Å². The molecule has 0 aliphatic rings. The van der Waals surface area contributed by atoms with E-state index in [-0.39, 0.29) is 15.6 Å². The second-order valence-electron chi connectivity index (χ2n) is 3.47. The lowest BCUT2D eigenvalue weighted by Crippen LogP contribution is -2.31. The van der Waals surface area contributed by atoms with Gasteiger partial charge < -0.3 is 5.11 Å². The van der Waals surface area contributed by atoms with Crippen LogP contribution < -0.4 is 0 Å². The zero-order valence-electron chi connectivity index (χ0n) is 9.79. The molecule has 1 heterocycles. The molecule has 0 saturated heterocycles. The minimum absolute atomic E-state index is 0.00333. The van der Waals surface area contributed by atoms with Gasteiger partial charge in [0, 0.05) is 6.54 Å². The number of hydrogen-bond acceptors (Lipinski definition) is 4. The van der Waals surface area contributed by atoms with Gasteiger partial charge in [-0.2, -0.15) is 4.31 Å². The van der Waals surface area contributed by atoms with Crippen LogP contribution >= 0.6 is 11.3 Å². The van der Waals surface area contributed by atoms with Crippen molar-refractivity contribution >= 4 is 27.3 Å². The van der Waals surface area contributed by atoms with Gasteiger partial charge in [-0.3, -0.25) is 0 Å². The van der Waals surface area contributed by atoms with Crippen molar-refractivity contribution in [2.75, 3.05) is 13.1 Å². The molecule has 0 bridgehead atoms. The summed E-state index contributed by atoms with van der Waals surface area (Å²) in [4.78, 5) is 10.7. The van der Waals surface area contributed by atoms with Gasteiger partial charge in [-0.25, -0.2) is 13.2 Å². The molecule has 1 aromatic heterocycles. The van der Waals surface area contributed by atoms with Gasteiger partial charge in [0.25, 0.3) is 10.0 Å². The summed E-state index contributed by atoms with van der Waals surface area (Å²) in [5.41, 5.74) is 0. The molecule has 0 atom stereocenters. The largest absolute Gasteiger partial charge is 0.477 e. The fraction of sp³-hybridized carbons (Fsp3) is 0.364. The van der Waals surface area contributed by atoms with E-state index in [4.69, 9.17) is 11.5 Å². The van der Waals surface area contributed by atoms with Crippen molar-refractivity contribution in [1.29, 1.82) is 0 Å². The van der Waals surface area contributed by atoms with Crippen LogP contribution in [-0.2, 0) is 10.0 Å². The standard InChI is InChI=1S/C11H13NO4S2/c1-3-7-12(8-4-2)18(15,16)10-6-5-9(17-10)11(13)14/h1,5-6H,4,7-8H2,2H3,(H,13,14). The van der Waals surface area contributed by atoms with Gasteiger partial charge in [0.2, 0.25) is 0 Å². The van der Waals surface area contributed by atoms with Gasteiger partial charge in [-0.15, -0.1) is 17.8 Å². The molecule has 1 rings (SSSR count). The molecule has 0 unspecified atom stereocenters. The van der Waals surface area contributed by atoms with Gasteiger partial charge in [-0.1, -0.05) is 12.8 Å². The third-order valence-corrected chi connectivity index (χ3v) is 5.51. The molecular formula is C11H13NO4S2. The summed E-state index contributed by atoms with van der Waals surface area (Å²) in [6.07, 6.45) is 5.78. The van der Waals surface area contributed by atoms with Gasteiger partial charge in [0.15, 0.2) is 0 Å². The highest BCUT2D eigenvalue weighted by Gasteiger charge is 2.25. The number of aromatic carboxylic acids is 1. The molecule has 0 spiro atoms. The molecule has 0 amide bonds. The lowest BCUT2D eigenvalue weighted by Gasteiger charge is -2.17. The number of carboxylic acids is 1. The second kappa shape index (κ2) is 6.00. The molecule has 0 aromatic carbocycles. The first-order chi connectivity index (χ1) is 8.43. The Hall–Kier alpha value is -1.36. The quantitative estimate of drug-likeness (QED) is 0.804. The SMILES string of the molecule is C#CCN(CCC)S(=O)(=O)c1ccc(C(=O)O)s1. The number of nitrogens with zero attached hydrogens (tertiary/aromatic N) is 1. The molecule has 0 saturated carbocycles. The van der Waals surface area contributed by atoms with E-state index in [1.165, 1.54) is 16.4 Å². The van der Waals surface area contributed by atoms with Crippen molar-refractivity contribution in [3.05, 3.63) is 17.0 Å². The second-order valence-corrected chi connectivity index (χ2v) is 6.72. The molecule has 7 heteroatoms. The number of hydrogen-bond donors (Lipinski definition) is 1. The first-order valence-electron chi connectivity index (χ1n) is 5.20. The molecule has 0 aliphatic heterocycles. The molecular weight excluding hydrogens is 274 g/mol. The molecule has 18 heavy (non-hydrogen) atoms. The number of thiophene rings is 1. The van der Waals surface area contributed by atoms with E-state index < -0.39 is 16.0 Å². The topological polar surface area (TPSA) is 74.7 Å². The van der Waals surface area contributed by atoms with Crippen LogP contribution in [0.2, 0.25) is 0 Å². The Labute approximate surface area is 110 Å². The number of carboxylic acid groups (broad SMARTS) is 1. The van der Waals surface area contributed by atoms with Crippen molar-refractivity contribution in [2.24, 2.45) is 0 Å². The van der Waals surface area contributed by atoms with Crippen LogP contribution in [0.25, 0.3) is 0 Å². The number of rotatable bonds is 6. The summed E-state index contributed by atoms with van der Waals surface area (Å²) < 4.78 is 25.6. The van der Waals surface area contributed by atoms with Crippen molar-refractivity contribution < 1.29 is 18.3 Å². The summed E-state index contributed by atoms with van der Waals surface area (Å²) in [5, 5.41) is 8.78. The van der Waals surface area contributed by atoms with Crippen molar-refractivity contribution in [3.8, 4) is 12.3 Å². The predicted octanol–water partition coefficient (Wildman–Crippen LogP) is 1.48. The van der Waals surface area contributed by atoms with E-state index in [9.17, 15) is 13.2 Å². The first-order valence-corrected chi connectivity index (χ1v) is 7.46. The Morgan fingerprint density at radius 3 is 2.67 bits per heavy atom. The summed E-state index contributed by atoms with van der Waals surface area (Å²) >= 11 is 0.730. The van der Waals surface area contributed by atoms with E-state index in [1.807, 2.05) is 6.92 Å². The van der Waals surface area contributed by atoms with Crippen molar-refractivity contribution in [2.45, 2.75) is 17.6 Å². The molecule has 0 fully saturated rings. The van der Waals surface area contributed by atoms with Crippen LogP contribution in [0.1, 0.15) is 23.0 Å². The molecule has 1 N–H and O–H groups in total. The molecule has 1 aromatic rings. The highest BCUT2D eigenvalue weighted by molar-refractivity contribution is 7.91. The Balaban J connectivity index is 3.10. The van der Waals surface area contributed by atoms with Crippen LogP contribution in [-0.4, -0.2) is 36.9 Å². The molecule has 5 nitrogen and oxygen atoms in total. The van der Waals surface area contributed by atoms with Gasteiger partial charge in [0.1, 0.15) is 9.09 Å². The van der Waals surface area contributed by atoms with E-state index >= 15 is 0 Å². The molecule has 0 aliphatic carbocycles. The summed E-state index contributed by atoms with van der Waals surface area (Å²) in [6, 6.07) is 2.57. The minimum atomic E-state index is -3.69. The zero-order chi connectivity index (χ0) is 13.8. The number of terminal acetylenes is 1. The van der Waals surface area contributed by atoms with Crippen LogP contribution in [0.3, 0.4) is 0 Å². The first kappa shape index (κ1) is 14.7. The Bertz CT molecular complexity index is 568. The Kier molecular flexibility index (Phi) is 4.90. The summed E-state index contributed by atoms with van der Waals surface area (Å²) in [6.45, 7) is 2.14. The highest BCUT2D eigenvalue weighted by atomic mass is 32.2. The smallest absolute Gasteiger partial charge is 0.345 e. The van der Waals surface area contributed by atoms with Crippen LogP contribution in [0.15, 0.2) is 16.3 Å². The third-order valence-electron chi connectivity index (χ3n) is 2.13. The zero-order valence-corrected chi connectivity index (χ0v) is 11.4. The maximum atomic E-state index is 12.2. The third kappa shape index (κ3) is 3.10.